The van der Waals surface area contributed by atoms with Crippen LogP contribution in [-0.2, 0) is 7.05 Å². The normalized spacial score (nSPS) is 18.8. The predicted octanol–water partition coefficient (Wildman–Crippen LogP) is 0.387. The second-order valence-electron chi connectivity index (χ2n) is 7.69. The van der Waals surface area contributed by atoms with Gasteiger partial charge in [0.15, 0.2) is 5.13 Å². The Bertz CT molecular complexity index is 911. The van der Waals surface area contributed by atoms with Crippen LogP contribution in [0.15, 0.2) is 22.3 Å². The largest absolute Gasteiger partial charge is 0.355 e. The molecule has 0 aromatic carbocycles. The molecule has 0 bridgehead atoms. The maximum Gasteiger partial charge on any atom is 0.271 e. The number of carbonyl (C=O) groups excluding carboxylic acids is 1. The number of aryl methyl sites for hydroxylation is 1. The summed E-state index contributed by atoms with van der Waals surface area (Å²) in [5, 5.41) is 10.2. The van der Waals surface area contributed by atoms with Gasteiger partial charge in [-0.15, -0.1) is 11.3 Å². The Morgan fingerprint density at radius 3 is 2.48 bits per heavy atom. The Kier molecular flexibility index (Phi) is 5.81. The van der Waals surface area contributed by atoms with Crippen LogP contribution in [0, 0.1) is 0 Å². The molecule has 1 N–H and O–H groups in total. The molecule has 29 heavy (non-hydrogen) atoms. The topological polar surface area (TPSA) is 86.6 Å². The third kappa shape index (κ3) is 4.59. The molecule has 10 heteroatoms. The molecule has 2 aromatic heterocycles. The molecule has 2 aromatic rings. The Morgan fingerprint density at radius 1 is 1.07 bits per heavy atom. The molecule has 0 aliphatic carbocycles. The average Bonchev–Trinajstić information content (AvgIpc) is 3.22. The summed E-state index contributed by atoms with van der Waals surface area (Å²) in [6, 6.07) is 3.42. The van der Waals surface area contributed by atoms with E-state index in [9.17, 15) is 9.59 Å². The number of nitrogens with one attached hydrogen (secondary N) is 1. The van der Waals surface area contributed by atoms with E-state index in [1.165, 1.54) is 22.1 Å². The van der Waals surface area contributed by atoms with Crippen LogP contribution in [-0.4, -0.2) is 77.9 Å². The molecule has 9 nitrogen and oxygen atoms in total. The molecule has 2 fully saturated rings. The molecule has 2 aliphatic rings. The highest BCUT2D eigenvalue weighted by Gasteiger charge is 2.24. The number of piperazine rings is 1. The molecule has 4 rings (SSSR count). The minimum atomic E-state index is -0.116. The first-order valence-corrected chi connectivity index (χ1v) is 10.9. The highest BCUT2D eigenvalue weighted by Crippen LogP contribution is 2.22. The van der Waals surface area contributed by atoms with Crippen LogP contribution in [0.2, 0.25) is 0 Å². The third-order valence-electron chi connectivity index (χ3n) is 5.60. The van der Waals surface area contributed by atoms with E-state index in [0.29, 0.717) is 5.69 Å². The fourth-order valence-corrected chi connectivity index (χ4v) is 4.54. The van der Waals surface area contributed by atoms with Crippen molar-refractivity contribution in [2.24, 2.45) is 7.05 Å². The second-order valence-corrected chi connectivity index (χ2v) is 8.53. The van der Waals surface area contributed by atoms with Crippen molar-refractivity contribution in [2.75, 3.05) is 56.1 Å². The van der Waals surface area contributed by atoms with Crippen LogP contribution in [0.1, 0.15) is 23.3 Å². The number of hydrogen-bond donors (Lipinski definition) is 1. The summed E-state index contributed by atoms with van der Waals surface area (Å²) in [6.07, 6.45) is 1.68. The molecule has 1 amide bonds. The van der Waals surface area contributed by atoms with E-state index in [2.05, 4.69) is 37.1 Å². The van der Waals surface area contributed by atoms with E-state index in [0.717, 1.165) is 63.1 Å². The number of nitrogens with zero attached hydrogens (tertiary/aromatic N) is 6. The zero-order chi connectivity index (χ0) is 20.4. The van der Waals surface area contributed by atoms with Crippen molar-refractivity contribution in [3.8, 4) is 0 Å². The molecule has 0 spiro atoms. The maximum absolute atomic E-state index is 12.6. The molecule has 0 atom stereocenters. The summed E-state index contributed by atoms with van der Waals surface area (Å²) in [7, 11) is 3.78. The molecule has 0 radical (unpaired) electrons. The van der Waals surface area contributed by atoms with Gasteiger partial charge in [0, 0.05) is 63.8 Å². The lowest BCUT2D eigenvalue weighted by Crippen LogP contribution is -2.45. The summed E-state index contributed by atoms with van der Waals surface area (Å²) in [5.74, 6) is 0.702. The number of aromatic nitrogens is 3. The quantitative estimate of drug-likeness (QED) is 0.770. The van der Waals surface area contributed by atoms with Crippen LogP contribution in [0.5, 0.6) is 0 Å². The first kappa shape index (κ1) is 19.8. The van der Waals surface area contributed by atoms with E-state index in [1.54, 1.807) is 13.1 Å². The van der Waals surface area contributed by atoms with E-state index in [-0.39, 0.29) is 17.5 Å². The van der Waals surface area contributed by atoms with Crippen molar-refractivity contribution < 1.29 is 4.79 Å². The molecule has 156 valence electrons. The van der Waals surface area contributed by atoms with E-state index >= 15 is 0 Å². The molecule has 2 aliphatic heterocycles. The molecular formula is C19H27N7O2S. The first-order valence-electron chi connectivity index (χ1n) is 9.99. The number of thiazole rings is 1. The molecular weight excluding hydrogens is 390 g/mol. The number of amides is 1. The predicted molar refractivity (Wildman–Crippen MR) is 114 cm³/mol. The van der Waals surface area contributed by atoms with Gasteiger partial charge < -0.3 is 20.0 Å². The maximum atomic E-state index is 12.6. The van der Waals surface area contributed by atoms with Gasteiger partial charge in [-0.25, -0.2) is 9.67 Å². The van der Waals surface area contributed by atoms with Crippen LogP contribution < -0.4 is 20.7 Å². The summed E-state index contributed by atoms with van der Waals surface area (Å²) in [6.45, 7) is 5.51. The standard InChI is InChI=1S/C19H27N7O2S/c1-23-9-11-26(12-10-23)19-21-15(13-29-19)18(28)20-14-5-7-25(8-6-14)16-3-4-17(27)24(2)22-16/h3-4,13-14H,5-12H2,1-2H3,(H,20,28). The van der Waals surface area contributed by atoms with Gasteiger partial charge in [-0.3, -0.25) is 9.59 Å². The molecule has 0 unspecified atom stereocenters. The van der Waals surface area contributed by atoms with Crippen molar-refractivity contribution in [1.29, 1.82) is 0 Å². The minimum absolute atomic E-state index is 0.0969. The average molecular weight is 418 g/mol. The highest BCUT2D eigenvalue weighted by atomic mass is 32.1. The van der Waals surface area contributed by atoms with Gasteiger partial charge in [0.25, 0.3) is 11.5 Å². The zero-order valence-corrected chi connectivity index (χ0v) is 17.7. The fourth-order valence-electron chi connectivity index (χ4n) is 3.68. The Labute approximate surface area is 173 Å². The smallest absolute Gasteiger partial charge is 0.271 e. The minimum Gasteiger partial charge on any atom is -0.355 e. The number of piperidine rings is 1. The molecule has 0 saturated carbocycles. The van der Waals surface area contributed by atoms with Crippen molar-refractivity contribution >= 4 is 28.2 Å². The van der Waals surface area contributed by atoms with Crippen LogP contribution >= 0.6 is 11.3 Å². The highest BCUT2D eigenvalue weighted by molar-refractivity contribution is 7.13. The number of hydrogen-bond acceptors (Lipinski definition) is 8. The lowest BCUT2D eigenvalue weighted by Gasteiger charge is -2.33. The monoisotopic (exact) mass is 417 g/mol. The molecule has 4 heterocycles. The number of likely N-dealkylation sites (N-methyl/N-ethyl adjacent to an activating group) is 1. The van der Waals surface area contributed by atoms with Crippen molar-refractivity contribution in [3.63, 3.8) is 0 Å². The van der Waals surface area contributed by atoms with Gasteiger partial charge in [-0.1, -0.05) is 0 Å². The van der Waals surface area contributed by atoms with Crippen LogP contribution in [0.4, 0.5) is 10.9 Å². The number of carbonyl (C=O) groups is 1. The molecule has 2 saturated heterocycles. The van der Waals surface area contributed by atoms with Crippen molar-refractivity contribution in [1.82, 2.24) is 25.0 Å². The summed E-state index contributed by atoms with van der Waals surface area (Å²) in [4.78, 5) is 35.4. The van der Waals surface area contributed by atoms with Gasteiger partial charge in [0.2, 0.25) is 0 Å². The number of rotatable bonds is 4. The number of anilines is 2. The van der Waals surface area contributed by atoms with Gasteiger partial charge in [0.05, 0.1) is 0 Å². The zero-order valence-electron chi connectivity index (χ0n) is 16.9. The summed E-state index contributed by atoms with van der Waals surface area (Å²) >= 11 is 1.54. The fraction of sp³-hybridized carbons (Fsp3) is 0.579. The van der Waals surface area contributed by atoms with Crippen LogP contribution in [0.3, 0.4) is 0 Å². The van der Waals surface area contributed by atoms with Crippen LogP contribution in [0.25, 0.3) is 0 Å². The second kappa shape index (κ2) is 8.50. The van der Waals surface area contributed by atoms with Crippen molar-refractivity contribution in [2.45, 2.75) is 18.9 Å². The first-order chi connectivity index (χ1) is 14.0. The summed E-state index contributed by atoms with van der Waals surface area (Å²) < 4.78 is 1.35. The Balaban J connectivity index is 1.30. The Hall–Kier alpha value is -2.46. The third-order valence-corrected chi connectivity index (χ3v) is 6.50. The van der Waals surface area contributed by atoms with Gasteiger partial charge in [-0.2, -0.15) is 5.10 Å². The Morgan fingerprint density at radius 2 is 1.79 bits per heavy atom. The van der Waals surface area contributed by atoms with Gasteiger partial charge >= 0.3 is 0 Å². The van der Waals surface area contributed by atoms with E-state index in [1.807, 2.05) is 5.38 Å². The van der Waals surface area contributed by atoms with E-state index < -0.39 is 0 Å². The van der Waals surface area contributed by atoms with Gasteiger partial charge in [0.1, 0.15) is 11.5 Å². The summed E-state index contributed by atoms with van der Waals surface area (Å²) in [5.41, 5.74) is 0.390. The lowest BCUT2D eigenvalue weighted by atomic mass is 10.0. The SMILES string of the molecule is CN1CCN(c2nc(C(=O)NC3CCN(c4ccc(=O)n(C)n4)CC3)cs2)CC1. The lowest BCUT2D eigenvalue weighted by molar-refractivity contribution is 0.0926. The van der Waals surface area contributed by atoms with E-state index in [4.69, 9.17) is 0 Å². The van der Waals surface area contributed by atoms with Crippen molar-refractivity contribution in [3.05, 3.63) is 33.6 Å². The van der Waals surface area contributed by atoms with Gasteiger partial charge in [-0.05, 0) is 26.0 Å².